The van der Waals surface area contributed by atoms with E-state index in [1.54, 1.807) is 13.8 Å². The molecule has 0 radical (unpaired) electrons. The number of hydroxylamine groups is 2. The predicted octanol–water partition coefficient (Wildman–Crippen LogP) is 3.75. The Morgan fingerprint density at radius 3 is 1.31 bits per heavy atom. The Bertz CT molecular complexity index is 954. The first-order valence-electron chi connectivity index (χ1n) is 10.1. The van der Waals surface area contributed by atoms with Crippen LogP contribution in [-0.4, -0.2) is 37.6 Å². The molecule has 0 aliphatic carbocycles. The zero-order valence-corrected chi connectivity index (χ0v) is 17.9. The van der Waals surface area contributed by atoms with Gasteiger partial charge in [0, 0.05) is 11.1 Å². The third-order valence-electron chi connectivity index (χ3n) is 4.79. The molecular weight excluding hydrogens is 412 g/mol. The molecular formula is C24H24N2O6. The molecule has 2 fully saturated rings. The second-order valence-electron chi connectivity index (χ2n) is 7.64. The number of benzene rings is 2. The van der Waals surface area contributed by atoms with Crippen molar-refractivity contribution < 1.29 is 28.7 Å². The van der Waals surface area contributed by atoms with Crippen LogP contribution < -0.4 is 10.1 Å². The molecule has 2 aromatic rings. The summed E-state index contributed by atoms with van der Waals surface area (Å²) in [6.07, 6.45) is -0.582. The summed E-state index contributed by atoms with van der Waals surface area (Å²) >= 11 is 0. The van der Waals surface area contributed by atoms with Crippen LogP contribution in [0.5, 0.6) is 0 Å². The molecule has 2 aromatic carbocycles. The Morgan fingerprint density at radius 1 is 0.750 bits per heavy atom. The van der Waals surface area contributed by atoms with E-state index in [4.69, 9.17) is 19.1 Å². The van der Waals surface area contributed by atoms with Crippen molar-refractivity contribution >= 4 is 23.3 Å². The summed E-state index contributed by atoms with van der Waals surface area (Å²) in [5.41, 5.74) is 3.96. The zero-order valence-electron chi connectivity index (χ0n) is 17.9. The number of nitrogens with zero attached hydrogens (tertiary/aromatic N) is 2. The van der Waals surface area contributed by atoms with Crippen LogP contribution in [0.1, 0.15) is 13.8 Å². The van der Waals surface area contributed by atoms with Crippen molar-refractivity contribution in [2.45, 2.75) is 26.3 Å². The summed E-state index contributed by atoms with van der Waals surface area (Å²) in [6, 6.07) is 15.1. The average molecular weight is 436 g/mol. The van der Waals surface area contributed by atoms with Crippen LogP contribution in [0.4, 0.5) is 11.4 Å². The van der Waals surface area contributed by atoms with Crippen molar-refractivity contribution in [2.75, 3.05) is 23.3 Å². The first-order valence-corrected chi connectivity index (χ1v) is 10.1. The molecule has 2 unspecified atom stereocenters. The Balaban J connectivity index is 1.48. The smallest absolute Gasteiger partial charge is 0.348 e. The van der Waals surface area contributed by atoms with E-state index in [2.05, 4.69) is 13.2 Å². The van der Waals surface area contributed by atoms with Gasteiger partial charge in [-0.25, -0.2) is 9.59 Å². The lowest BCUT2D eigenvalue weighted by molar-refractivity contribution is -0.142. The lowest BCUT2D eigenvalue weighted by Crippen LogP contribution is -2.30. The van der Waals surface area contributed by atoms with Gasteiger partial charge in [0.05, 0.1) is 24.6 Å². The number of carbonyl (C=O) groups is 2. The highest BCUT2D eigenvalue weighted by Gasteiger charge is 2.35. The molecule has 8 nitrogen and oxygen atoms in total. The Labute approximate surface area is 186 Å². The van der Waals surface area contributed by atoms with E-state index in [0.29, 0.717) is 35.7 Å². The maximum atomic E-state index is 11.9. The number of ether oxygens (including phenoxy) is 2. The number of rotatable bonds is 9. The predicted molar refractivity (Wildman–Crippen MR) is 118 cm³/mol. The summed E-state index contributed by atoms with van der Waals surface area (Å²) in [7, 11) is 0. The molecule has 2 saturated heterocycles. The first-order chi connectivity index (χ1) is 15.3. The number of hydrogen-bond acceptors (Lipinski definition) is 8. The molecule has 8 heteroatoms. The van der Waals surface area contributed by atoms with Crippen molar-refractivity contribution in [3.8, 4) is 11.1 Å². The summed E-state index contributed by atoms with van der Waals surface area (Å²) in [6.45, 7) is 11.4. The van der Waals surface area contributed by atoms with Crippen molar-refractivity contribution in [2.24, 2.45) is 0 Å². The van der Waals surface area contributed by atoms with E-state index in [-0.39, 0.29) is 12.5 Å². The molecule has 0 bridgehead atoms. The highest BCUT2D eigenvalue weighted by molar-refractivity contribution is 5.88. The van der Waals surface area contributed by atoms with Crippen molar-refractivity contribution in [1.29, 1.82) is 0 Å². The maximum absolute atomic E-state index is 11.9. The van der Waals surface area contributed by atoms with Crippen LogP contribution >= 0.6 is 0 Å². The second-order valence-corrected chi connectivity index (χ2v) is 7.64. The van der Waals surface area contributed by atoms with Crippen LogP contribution in [0.3, 0.4) is 0 Å². The lowest BCUT2D eigenvalue weighted by atomic mass is 10.0. The van der Waals surface area contributed by atoms with E-state index in [9.17, 15) is 9.59 Å². The molecule has 0 saturated carbocycles. The number of hydrogen-bond donors (Lipinski definition) is 0. The lowest BCUT2D eigenvalue weighted by Gasteiger charge is -2.22. The van der Waals surface area contributed by atoms with Gasteiger partial charge >= 0.3 is 11.9 Å². The molecule has 0 N–H and O–H groups in total. The van der Waals surface area contributed by atoms with Gasteiger partial charge in [0.25, 0.3) is 0 Å². The molecule has 2 heterocycles. The third kappa shape index (κ3) is 4.99. The first kappa shape index (κ1) is 21.6. The van der Waals surface area contributed by atoms with Gasteiger partial charge in [-0.05, 0) is 49.2 Å². The summed E-state index contributed by atoms with van der Waals surface area (Å²) in [5, 5.41) is 2.90. The molecule has 0 aromatic heterocycles. The van der Waals surface area contributed by atoms with Gasteiger partial charge in [-0.2, -0.15) is 10.1 Å². The van der Waals surface area contributed by atoms with Gasteiger partial charge < -0.3 is 19.1 Å². The molecule has 0 amide bonds. The van der Waals surface area contributed by atoms with E-state index < -0.39 is 11.9 Å². The molecule has 32 heavy (non-hydrogen) atoms. The van der Waals surface area contributed by atoms with Gasteiger partial charge in [-0.1, -0.05) is 37.4 Å². The Hall–Kier alpha value is -3.62. The van der Waals surface area contributed by atoms with Gasteiger partial charge in [0.15, 0.2) is 12.5 Å². The fourth-order valence-electron chi connectivity index (χ4n) is 2.85. The summed E-state index contributed by atoms with van der Waals surface area (Å²) in [4.78, 5) is 34.6. The highest BCUT2D eigenvalue weighted by Crippen LogP contribution is 2.31. The van der Waals surface area contributed by atoms with Crippen LogP contribution in [0.2, 0.25) is 0 Å². The third-order valence-corrected chi connectivity index (χ3v) is 4.79. The van der Waals surface area contributed by atoms with Gasteiger partial charge in [-0.3, -0.25) is 0 Å². The van der Waals surface area contributed by atoms with Crippen LogP contribution in [-0.2, 0) is 28.7 Å². The minimum Gasteiger partial charge on any atom is -0.348 e. The molecule has 2 aliphatic heterocycles. The zero-order chi connectivity index (χ0) is 22.8. The maximum Gasteiger partial charge on any atom is 0.358 e. The van der Waals surface area contributed by atoms with Crippen molar-refractivity contribution in [1.82, 2.24) is 0 Å². The highest BCUT2D eigenvalue weighted by atomic mass is 16.8. The molecule has 2 aliphatic rings. The fourth-order valence-corrected chi connectivity index (χ4v) is 2.85. The summed E-state index contributed by atoms with van der Waals surface area (Å²) < 4.78 is 10.6. The quantitative estimate of drug-likeness (QED) is 0.334. The van der Waals surface area contributed by atoms with Crippen molar-refractivity contribution in [3.63, 3.8) is 0 Å². The topological polar surface area (TPSA) is 84.1 Å². The van der Waals surface area contributed by atoms with Gasteiger partial charge in [-0.15, -0.1) is 0 Å². The molecule has 166 valence electrons. The Morgan fingerprint density at radius 2 is 1.06 bits per heavy atom. The fraction of sp³-hybridized carbons (Fsp3) is 0.250. The standard InChI is InChI=1S/C24H24N2O6/c1-15(2)23(27)31-25(21-13-29-21)19-9-5-17(6-10-19)18-7-11-20(12-8-18)26(22-14-30-22)32-24(28)16(3)4/h5-12,21-22H,1,3,13-14H2,2,4H3. The monoisotopic (exact) mass is 436 g/mol. The van der Waals surface area contributed by atoms with Crippen LogP contribution in [0, 0.1) is 0 Å². The van der Waals surface area contributed by atoms with E-state index in [1.807, 2.05) is 48.5 Å². The largest absolute Gasteiger partial charge is 0.358 e. The minimum atomic E-state index is -0.503. The average Bonchev–Trinajstić information content (AvgIpc) is 3.69. The Kier molecular flexibility index (Phi) is 5.98. The molecule has 4 rings (SSSR count). The normalized spacial score (nSPS) is 18.3. The van der Waals surface area contributed by atoms with Gasteiger partial charge in [0.1, 0.15) is 0 Å². The van der Waals surface area contributed by atoms with E-state index in [1.165, 1.54) is 10.1 Å². The molecule has 0 spiro atoms. The SMILES string of the molecule is C=C(C)C(=O)ON(c1ccc(-c2ccc(N(OC(=O)C(=C)C)C3CO3)cc2)cc1)C1CO1. The van der Waals surface area contributed by atoms with Crippen molar-refractivity contribution in [3.05, 3.63) is 72.8 Å². The van der Waals surface area contributed by atoms with E-state index >= 15 is 0 Å². The number of anilines is 2. The number of epoxide rings is 2. The number of carbonyl (C=O) groups excluding carboxylic acids is 2. The minimum absolute atomic E-state index is 0.291. The second kappa shape index (κ2) is 8.86. The summed E-state index contributed by atoms with van der Waals surface area (Å²) in [5.74, 6) is -1.01. The molecule has 2 atom stereocenters. The van der Waals surface area contributed by atoms with Crippen LogP contribution in [0.15, 0.2) is 72.8 Å². The van der Waals surface area contributed by atoms with E-state index in [0.717, 1.165) is 11.1 Å². The van der Waals surface area contributed by atoms with Gasteiger partial charge in [0.2, 0.25) is 0 Å². The van der Waals surface area contributed by atoms with Crippen LogP contribution in [0.25, 0.3) is 11.1 Å².